The number of esters is 1. The van der Waals surface area contributed by atoms with Gasteiger partial charge in [-0.15, -0.1) is 0 Å². The van der Waals surface area contributed by atoms with Gasteiger partial charge in [-0.25, -0.2) is 9.59 Å². The van der Waals surface area contributed by atoms with Crippen LogP contribution in [-0.2, 0) is 22.6 Å². The maximum atomic E-state index is 12.6. The van der Waals surface area contributed by atoms with Crippen molar-refractivity contribution in [1.29, 1.82) is 0 Å². The molecule has 0 bridgehead atoms. The van der Waals surface area contributed by atoms with E-state index in [-0.39, 0.29) is 12.6 Å². The zero-order valence-electron chi connectivity index (χ0n) is 19.9. The Bertz CT molecular complexity index is 1100. The van der Waals surface area contributed by atoms with Crippen LogP contribution in [0.3, 0.4) is 0 Å². The first-order valence-electron chi connectivity index (χ1n) is 11.1. The lowest BCUT2D eigenvalue weighted by Crippen LogP contribution is -2.40. The molecule has 7 heteroatoms. The number of carbonyl (C=O) groups is 2. The molecule has 0 saturated heterocycles. The predicted molar refractivity (Wildman–Crippen MR) is 128 cm³/mol. The third kappa shape index (κ3) is 6.75. The summed E-state index contributed by atoms with van der Waals surface area (Å²) in [5.41, 5.74) is 1.76. The van der Waals surface area contributed by atoms with Crippen LogP contribution in [0.5, 0.6) is 5.75 Å². The number of ether oxygens (including phenoxy) is 3. The molecule has 1 heterocycles. The highest BCUT2D eigenvalue weighted by Gasteiger charge is 2.21. The summed E-state index contributed by atoms with van der Waals surface area (Å²) >= 11 is 0. The van der Waals surface area contributed by atoms with Crippen molar-refractivity contribution in [2.75, 3.05) is 6.61 Å². The number of amides is 1. The van der Waals surface area contributed by atoms with E-state index in [1.165, 1.54) is 0 Å². The Kier molecular flexibility index (Phi) is 7.63. The highest BCUT2D eigenvalue weighted by Crippen LogP contribution is 2.26. The van der Waals surface area contributed by atoms with E-state index in [9.17, 15) is 9.59 Å². The molecule has 1 N–H and O–H groups in total. The predicted octanol–water partition coefficient (Wildman–Crippen LogP) is 5.31. The second-order valence-electron chi connectivity index (χ2n) is 8.90. The van der Waals surface area contributed by atoms with E-state index in [1.807, 2.05) is 80.8 Å². The van der Waals surface area contributed by atoms with Gasteiger partial charge in [0.2, 0.25) is 0 Å². The highest BCUT2D eigenvalue weighted by atomic mass is 16.6. The molecule has 0 aliphatic heterocycles. The van der Waals surface area contributed by atoms with Crippen LogP contribution in [0.25, 0.3) is 10.9 Å². The molecular weight excluding hydrogens is 420 g/mol. The van der Waals surface area contributed by atoms with Crippen molar-refractivity contribution in [3.63, 3.8) is 0 Å². The number of fused-ring (bicyclic) bond motifs is 1. The Hall–Kier alpha value is -3.48. The van der Waals surface area contributed by atoms with Gasteiger partial charge in [-0.3, -0.25) is 0 Å². The molecule has 1 amide bonds. The molecule has 3 rings (SSSR count). The standard InChI is InChI=1S/C26H32N2O5/c1-6-31-24(29)23-15-20-14-21(32-17-19-10-8-7-9-11-19)12-13-22(20)28(23)16-18(2)27-25(30)33-26(3,4)5/h7-15,18H,6,16-17H2,1-5H3,(H,27,30)/t18-/m1/s1. The van der Waals surface area contributed by atoms with Crippen LogP contribution in [0.1, 0.15) is 50.7 Å². The fourth-order valence-electron chi connectivity index (χ4n) is 3.48. The number of nitrogens with zero attached hydrogens (tertiary/aromatic N) is 1. The van der Waals surface area contributed by atoms with E-state index < -0.39 is 17.7 Å². The summed E-state index contributed by atoms with van der Waals surface area (Å²) < 4.78 is 18.4. The Morgan fingerprint density at radius 1 is 1.06 bits per heavy atom. The van der Waals surface area contributed by atoms with Crippen LogP contribution in [0.15, 0.2) is 54.6 Å². The van der Waals surface area contributed by atoms with Crippen molar-refractivity contribution in [3.8, 4) is 5.75 Å². The van der Waals surface area contributed by atoms with E-state index in [1.54, 1.807) is 13.0 Å². The van der Waals surface area contributed by atoms with Crippen LogP contribution in [-0.4, -0.2) is 34.9 Å². The average Bonchev–Trinajstić information content (AvgIpc) is 3.09. The molecule has 0 fully saturated rings. The molecule has 0 unspecified atom stereocenters. The Morgan fingerprint density at radius 3 is 2.45 bits per heavy atom. The second-order valence-corrected chi connectivity index (χ2v) is 8.90. The maximum Gasteiger partial charge on any atom is 0.407 e. The lowest BCUT2D eigenvalue weighted by Gasteiger charge is -2.22. The van der Waals surface area contributed by atoms with E-state index in [4.69, 9.17) is 14.2 Å². The van der Waals surface area contributed by atoms with Crippen molar-refractivity contribution in [1.82, 2.24) is 9.88 Å². The fraction of sp³-hybridized carbons (Fsp3) is 0.385. The van der Waals surface area contributed by atoms with E-state index in [2.05, 4.69) is 5.32 Å². The summed E-state index contributed by atoms with van der Waals surface area (Å²) in [5, 5.41) is 3.68. The van der Waals surface area contributed by atoms with Crippen molar-refractivity contribution >= 4 is 23.0 Å². The van der Waals surface area contributed by atoms with E-state index >= 15 is 0 Å². The fourth-order valence-corrected chi connectivity index (χ4v) is 3.48. The van der Waals surface area contributed by atoms with Gasteiger partial charge >= 0.3 is 12.1 Å². The van der Waals surface area contributed by atoms with Gasteiger partial charge in [0.05, 0.1) is 6.61 Å². The normalized spacial score (nSPS) is 12.3. The number of aromatic nitrogens is 1. The first-order chi connectivity index (χ1) is 15.7. The summed E-state index contributed by atoms with van der Waals surface area (Å²) in [7, 11) is 0. The van der Waals surface area contributed by atoms with Gasteiger partial charge in [0, 0.05) is 23.5 Å². The third-order valence-corrected chi connectivity index (χ3v) is 4.83. The zero-order chi connectivity index (χ0) is 24.0. The van der Waals surface area contributed by atoms with Gasteiger partial charge in [-0.1, -0.05) is 30.3 Å². The van der Waals surface area contributed by atoms with Crippen LogP contribution in [0, 0.1) is 0 Å². The molecule has 7 nitrogen and oxygen atoms in total. The summed E-state index contributed by atoms with van der Waals surface area (Å²) in [6.07, 6.45) is -0.499. The van der Waals surface area contributed by atoms with Crippen molar-refractivity contribution in [2.45, 2.75) is 59.4 Å². The average molecular weight is 453 g/mol. The number of hydrogen-bond donors (Lipinski definition) is 1. The summed E-state index contributed by atoms with van der Waals surface area (Å²) in [5.74, 6) is 0.295. The SMILES string of the molecule is CCOC(=O)c1cc2cc(OCc3ccccc3)ccc2n1C[C@@H](C)NC(=O)OC(C)(C)C. The quantitative estimate of drug-likeness (QED) is 0.469. The van der Waals surface area contributed by atoms with Gasteiger partial charge < -0.3 is 24.1 Å². The third-order valence-electron chi connectivity index (χ3n) is 4.83. The number of benzene rings is 2. The molecule has 176 valence electrons. The number of hydrogen-bond acceptors (Lipinski definition) is 5. The monoisotopic (exact) mass is 452 g/mol. The Labute approximate surface area is 194 Å². The molecule has 0 aliphatic rings. The molecule has 0 aliphatic carbocycles. The van der Waals surface area contributed by atoms with Crippen LogP contribution >= 0.6 is 0 Å². The number of alkyl carbamates (subject to hydrolysis) is 1. The van der Waals surface area contributed by atoms with E-state index in [0.29, 0.717) is 24.6 Å². The topological polar surface area (TPSA) is 78.8 Å². The minimum absolute atomic E-state index is 0.275. The molecule has 0 saturated carbocycles. The van der Waals surface area contributed by atoms with E-state index in [0.717, 1.165) is 16.5 Å². The van der Waals surface area contributed by atoms with Gasteiger partial charge in [-0.05, 0) is 64.4 Å². The molecular formula is C26H32N2O5. The number of rotatable bonds is 8. The lowest BCUT2D eigenvalue weighted by molar-refractivity contribution is 0.0504. The highest BCUT2D eigenvalue weighted by molar-refractivity contribution is 5.96. The minimum Gasteiger partial charge on any atom is -0.489 e. The number of nitrogens with one attached hydrogen (secondary N) is 1. The second kappa shape index (κ2) is 10.4. The van der Waals surface area contributed by atoms with Gasteiger partial charge in [0.15, 0.2) is 0 Å². The zero-order valence-corrected chi connectivity index (χ0v) is 19.9. The summed E-state index contributed by atoms with van der Waals surface area (Å²) in [4.78, 5) is 24.8. The van der Waals surface area contributed by atoms with Crippen LogP contribution < -0.4 is 10.1 Å². The minimum atomic E-state index is -0.587. The molecule has 0 spiro atoms. The first-order valence-corrected chi connectivity index (χ1v) is 11.1. The molecule has 33 heavy (non-hydrogen) atoms. The number of carbonyl (C=O) groups excluding carboxylic acids is 2. The molecule has 1 aromatic heterocycles. The summed E-state index contributed by atoms with van der Waals surface area (Å²) in [6.45, 7) is 10.2. The van der Waals surface area contributed by atoms with Crippen LogP contribution in [0.2, 0.25) is 0 Å². The molecule has 1 atom stereocenters. The Balaban J connectivity index is 1.82. The molecule has 3 aromatic rings. The maximum absolute atomic E-state index is 12.6. The smallest absolute Gasteiger partial charge is 0.407 e. The van der Waals surface area contributed by atoms with Crippen molar-refractivity contribution < 1.29 is 23.8 Å². The van der Waals surface area contributed by atoms with Crippen molar-refractivity contribution in [3.05, 3.63) is 65.9 Å². The first kappa shape index (κ1) is 24.2. The Morgan fingerprint density at radius 2 is 1.79 bits per heavy atom. The summed E-state index contributed by atoms with van der Waals surface area (Å²) in [6, 6.07) is 17.1. The lowest BCUT2D eigenvalue weighted by atomic mass is 10.2. The van der Waals surface area contributed by atoms with Crippen LogP contribution in [0.4, 0.5) is 4.79 Å². The van der Waals surface area contributed by atoms with Crippen molar-refractivity contribution in [2.24, 2.45) is 0 Å². The molecule has 2 aromatic carbocycles. The van der Waals surface area contributed by atoms with Gasteiger partial charge in [-0.2, -0.15) is 0 Å². The largest absolute Gasteiger partial charge is 0.489 e. The van der Waals surface area contributed by atoms with Gasteiger partial charge in [0.25, 0.3) is 0 Å². The van der Waals surface area contributed by atoms with Gasteiger partial charge in [0.1, 0.15) is 23.7 Å². The molecule has 0 radical (unpaired) electrons.